The molecule has 0 bridgehead atoms. The smallest absolute Gasteiger partial charge is 0.272 e. The van der Waals surface area contributed by atoms with Crippen molar-refractivity contribution in [2.24, 2.45) is 5.10 Å². The number of rotatable bonds is 6. The first kappa shape index (κ1) is 20.1. The van der Waals surface area contributed by atoms with Gasteiger partial charge in [0, 0.05) is 10.4 Å². The molecule has 4 rings (SSSR count). The number of nitrogens with zero attached hydrogens (tertiary/aromatic N) is 2. The highest BCUT2D eigenvalue weighted by molar-refractivity contribution is 7.13. The molecule has 0 radical (unpaired) electrons. The maximum atomic E-state index is 12.9. The Morgan fingerprint density at radius 1 is 1.20 bits per heavy atom. The van der Waals surface area contributed by atoms with Crippen LogP contribution in [-0.4, -0.2) is 23.7 Å². The van der Waals surface area contributed by atoms with Gasteiger partial charge in [0.25, 0.3) is 5.91 Å². The zero-order valence-electron chi connectivity index (χ0n) is 16.1. The summed E-state index contributed by atoms with van der Waals surface area (Å²) in [6.07, 6.45) is 1.59. The average Bonchev–Trinajstić information content (AvgIpc) is 3.29. The summed E-state index contributed by atoms with van der Waals surface area (Å²) >= 11 is 7.72. The van der Waals surface area contributed by atoms with Crippen LogP contribution in [0.5, 0.6) is 5.75 Å². The SMILES string of the molecule is CCOc1ccc(/C=N/NC(=O)c2cc(-c3cccs3)nc3ccc(Cl)cc23)cc1. The van der Waals surface area contributed by atoms with Gasteiger partial charge >= 0.3 is 0 Å². The summed E-state index contributed by atoms with van der Waals surface area (Å²) in [5.74, 6) is 0.463. The minimum atomic E-state index is -0.329. The zero-order chi connectivity index (χ0) is 20.9. The van der Waals surface area contributed by atoms with Crippen molar-refractivity contribution in [1.82, 2.24) is 10.4 Å². The molecular formula is C23H18ClN3O2S. The second-order valence-corrected chi connectivity index (χ2v) is 7.78. The number of carbonyl (C=O) groups excluding carboxylic acids is 1. The number of aromatic nitrogens is 1. The third kappa shape index (κ3) is 4.50. The van der Waals surface area contributed by atoms with Crippen LogP contribution in [0.15, 0.2) is 71.1 Å². The lowest BCUT2D eigenvalue weighted by atomic mass is 10.1. The fourth-order valence-corrected chi connectivity index (χ4v) is 3.84. The van der Waals surface area contributed by atoms with Crippen molar-refractivity contribution in [1.29, 1.82) is 0 Å². The van der Waals surface area contributed by atoms with E-state index in [0.29, 0.717) is 28.1 Å². The summed E-state index contributed by atoms with van der Waals surface area (Å²) in [4.78, 5) is 18.6. The van der Waals surface area contributed by atoms with Crippen molar-refractivity contribution < 1.29 is 9.53 Å². The van der Waals surface area contributed by atoms with Gasteiger partial charge in [-0.2, -0.15) is 5.10 Å². The largest absolute Gasteiger partial charge is 0.494 e. The fourth-order valence-electron chi connectivity index (χ4n) is 2.98. The number of ether oxygens (including phenoxy) is 1. The number of thiophene rings is 1. The summed E-state index contributed by atoms with van der Waals surface area (Å²) in [6.45, 7) is 2.55. The minimum Gasteiger partial charge on any atom is -0.494 e. The molecule has 0 unspecified atom stereocenters. The van der Waals surface area contributed by atoms with Crippen LogP contribution in [0.25, 0.3) is 21.5 Å². The van der Waals surface area contributed by atoms with E-state index in [0.717, 1.165) is 21.9 Å². The van der Waals surface area contributed by atoms with Gasteiger partial charge in [-0.25, -0.2) is 10.4 Å². The Morgan fingerprint density at radius 3 is 2.77 bits per heavy atom. The maximum Gasteiger partial charge on any atom is 0.272 e. The molecule has 7 heteroatoms. The van der Waals surface area contributed by atoms with Crippen LogP contribution in [0.2, 0.25) is 5.02 Å². The van der Waals surface area contributed by atoms with Gasteiger partial charge in [-0.15, -0.1) is 11.3 Å². The molecule has 2 aromatic heterocycles. The van der Waals surface area contributed by atoms with Crippen molar-refractivity contribution >= 4 is 46.0 Å². The predicted molar refractivity (Wildman–Crippen MR) is 123 cm³/mol. The Balaban J connectivity index is 1.61. The first-order chi connectivity index (χ1) is 14.6. The number of nitrogens with one attached hydrogen (secondary N) is 1. The van der Waals surface area contributed by atoms with E-state index in [9.17, 15) is 4.79 Å². The van der Waals surface area contributed by atoms with Gasteiger partial charge in [0.05, 0.1) is 34.5 Å². The Hall–Kier alpha value is -3.22. The molecule has 150 valence electrons. The number of carbonyl (C=O) groups is 1. The quantitative estimate of drug-likeness (QED) is 0.308. The van der Waals surface area contributed by atoms with E-state index < -0.39 is 0 Å². The van der Waals surface area contributed by atoms with Crippen LogP contribution in [0.1, 0.15) is 22.8 Å². The van der Waals surface area contributed by atoms with Gasteiger partial charge in [0.2, 0.25) is 0 Å². The lowest BCUT2D eigenvalue weighted by molar-refractivity contribution is 0.0956. The third-order valence-corrected chi connectivity index (χ3v) is 5.49. The highest BCUT2D eigenvalue weighted by Crippen LogP contribution is 2.29. The number of hydrogen-bond donors (Lipinski definition) is 1. The molecule has 2 aromatic carbocycles. The van der Waals surface area contributed by atoms with Gasteiger partial charge in [0.15, 0.2) is 0 Å². The standard InChI is InChI=1S/C23H18ClN3O2S/c1-2-29-17-8-5-15(6-9-17)14-25-27-23(28)19-13-21(22-4-3-11-30-22)26-20-10-7-16(24)12-18(19)20/h3-14H,2H2,1H3,(H,27,28)/b25-14+. The molecule has 30 heavy (non-hydrogen) atoms. The van der Waals surface area contributed by atoms with E-state index in [-0.39, 0.29) is 5.91 Å². The molecule has 0 aliphatic carbocycles. The van der Waals surface area contributed by atoms with E-state index in [1.807, 2.05) is 54.8 Å². The zero-order valence-corrected chi connectivity index (χ0v) is 17.7. The molecule has 5 nitrogen and oxygen atoms in total. The number of pyridine rings is 1. The lowest BCUT2D eigenvalue weighted by Gasteiger charge is -2.08. The summed E-state index contributed by atoms with van der Waals surface area (Å²) in [6, 6.07) is 18.5. The molecule has 0 atom stereocenters. The average molecular weight is 436 g/mol. The molecule has 0 aliphatic heterocycles. The summed E-state index contributed by atoms with van der Waals surface area (Å²) in [5, 5.41) is 7.29. The summed E-state index contributed by atoms with van der Waals surface area (Å²) < 4.78 is 5.42. The fraction of sp³-hybridized carbons (Fsp3) is 0.0870. The van der Waals surface area contributed by atoms with Crippen LogP contribution in [0.3, 0.4) is 0 Å². The Labute approximate surface area is 183 Å². The number of fused-ring (bicyclic) bond motifs is 1. The molecule has 0 fully saturated rings. The highest BCUT2D eigenvalue weighted by Gasteiger charge is 2.14. The number of amides is 1. The Bertz CT molecular complexity index is 1210. The molecule has 1 amide bonds. The Kier molecular flexibility index (Phi) is 6.07. The van der Waals surface area contributed by atoms with E-state index in [4.69, 9.17) is 16.3 Å². The van der Waals surface area contributed by atoms with Crippen molar-refractivity contribution in [2.45, 2.75) is 6.92 Å². The van der Waals surface area contributed by atoms with Gasteiger partial charge < -0.3 is 4.74 Å². The highest BCUT2D eigenvalue weighted by atomic mass is 35.5. The summed E-state index contributed by atoms with van der Waals surface area (Å²) in [7, 11) is 0. The topological polar surface area (TPSA) is 63.6 Å². The van der Waals surface area contributed by atoms with Crippen LogP contribution < -0.4 is 10.2 Å². The molecule has 2 heterocycles. The molecule has 4 aromatic rings. The van der Waals surface area contributed by atoms with Crippen molar-refractivity contribution in [3.8, 4) is 16.3 Å². The number of benzene rings is 2. The van der Waals surface area contributed by atoms with Gasteiger partial charge in [-0.05, 0) is 72.5 Å². The monoisotopic (exact) mass is 435 g/mol. The minimum absolute atomic E-state index is 0.329. The van der Waals surface area contributed by atoms with Gasteiger partial charge in [-0.1, -0.05) is 17.7 Å². The van der Waals surface area contributed by atoms with Crippen LogP contribution >= 0.6 is 22.9 Å². The number of hydrazone groups is 1. The molecule has 1 N–H and O–H groups in total. The van der Waals surface area contributed by atoms with E-state index >= 15 is 0 Å². The normalized spacial score (nSPS) is 11.1. The summed E-state index contributed by atoms with van der Waals surface area (Å²) in [5.41, 5.74) is 5.35. The lowest BCUT2D eigenvalue weighted by Crippen LogP contribution is -2.18. The molecule has 0 saturated carbocycles. The van der Waals surface area contributed by atoms with E-state index in [1.165, 1.54) is 0 Å². The van der Waals surface area contributed by atoms with Crippen molar-refractivity contribution in [2.75, 3.05) is 6.61 Å². The maximum absolute atomic E-state index is 12.9. The molecule has 0 aliphatic rings. The third-order valence-electron chi connectivity index (χ3n) is 4.36. The van der Waals surface area contributed by atoms with Crippen LogP contribution in [0, 0.1) is 0 Å². The number of halogens is 1. The number of hydrogen-bond acceptors (Lipinski definition) is 5. The van der Waals surface area contributed by atoms with Crippen molar-refractivity contribution in [3.05, 3.63) is 82.2 Å². The molecule has 0 saturated heterocycles. The first-order valence-corrected chi connectivity index (χ1v) is 10.6. The first-order valence-electron chi connectivity index (χ1n) is 9.34. The van der Waals surface area contributed by atoms with Crippen molar-refractivity contribution in [3.63, 3.8) is 0 Å². The van der Waals surface area contributed by atoms with E-state index in [2.05, 4.69) is 15.5 Å². The van der Waals surface area contributed by atoms with Gasteiger partial charge in [0.1, 0.15) is 5.75 Å². The van der Waals surface area contributed by atoms with Crippen LogP contribution in [-0.2, 0) is 0 Å². The second-order valence-electron chi connectivity index (χ2n) is 6.40. The second kappa shape index (κ2) is 9.07. The molecule has 0 spiro atoms. The molecular weight excluding hydrogens is 418 g/mol. The Morgan fingerprint density at radius 2 is 2.03 bits per heavy atom. The van der Waals surface area contributed by atoms with Crippen LogP contribution in [0.4, 0.5) is 0 Å². The van der Waals surface area contributed by atoms with Gasteiger partial charge in [-0.3, -0.25) is 4.79 Å². The van der Waals surface area contributed by atoms with E-state index in [1.54, 1.807) is 35.8 Å². The predicted octanol–water partition coefficient (Wildman–Crippen LogP) is 5.78.